The number of nitrogens with zero attached hydrogens (tertiary/aromatic N) is 2. The van der Waals surface area contributed by atoms with Gasteiger partial charge in [-0.15, -0.1) is 5.10 Å². The first-order valence-corrected chi connectivity index (χ1v) is 4.18. The Hall–Kier alpha value is -1.10. The minimum Gasteiger partial charge on any atom is -0.367 e. The number of nitrogen functional groups attached to an aromatic ring is 1. The first-order valence-electron chi connectivity index (χ1n) is 4.18. The van der Waals surface area contributed by atoms with E-state index in [-0.39, 0.29) is 0 Å². The maximum Gasteiger partial charge on any atom is 0.239 e. The van der Waals surface area contributed by atoms with E-state index in [2.05, 4.69) is 27.4 Å². The Kier molecular flexibility index (Phi) is 1.73. The van der Waals surface area contributed by atoms with Crippen molar-refractivity contribution >= 4 is 5.95 Å². The third kappa shape index (κ3) is 1.16. The summed E-state index contributed by atoms with van der Waals surface area (Å²) in [7, 11) is 0. The van der Waals surface area contributed by atoms with Gasteiger partial charge >= 0.3 is 0 Å². The van der Waals surface area contributed by atoms with Gasteiger partial charge in [-0.2, -0.15) is 4.98 Å². The van der Waals surface area contributed by atoms with Crippen LogP contribution in [-0.2, 0) is 0 Å². The Labute approximate surface area is 70.8 Å². The van der Waals surface area contributed by atoms with Crippen LogP contribution >= 0.6 is 0 Å². The standard InChI is InChI=1S/C7H13N5/c1-4-2-3-9-5(4)6-10-7(8)12-11-6/h4-5,9H,2-3H2,1H3,(H3,8,10,11,12). The van der Waals surface area contributed by atoms with E-state index < -0.39 is 0 Å². The SMILES string of the molecule is CC1CCNC1c1nc(N)n[nH]1. The fraction of sp³-hybridized carbons (Fsp3) is 0.714. The zero-order chi connectivity index (χ0) is 8.55. The molecular weight excluding hydrogens is 154 g/mol. The topological polar surface area (TPSA) is 79.6 Å². The van der Waals surface area contributed by atoms with Crippen molar-refractivity contribution in [2.45, 2.75) is 19.4 Å². The Morgan fingerprint density at radius 1 is 1.58 bits per heavy atom. The Morgan fingerprint density at radius 3 is 2.92 bits per heavy atom. The molecule has 4 N–H and O–H groups in total. The van der Waals surface area contributed by atoms with E-state index in [1.54, 1.807) is 0 Å². The van der Waals surface area contributed by atoms with E-state index in [4.69, 9.17) is 5.73 Å². The summed E-state index contributed by atoms with van der Waals surface area (Å²) in [6, 6.07) is 0.301. The Morgan fingerprint density at radius 2 is 2.42 bits per heavy atom. The molecule has 2 atom stereocenters. The van der Waals surface area contributed by atoms with E-state index in [1.165, 1.54) is 6.42 Å². The van der Waals surface area contributed by atoms with Gasteiger partial charge in [-0.1, -0.05) is 6.92 Å². The average Bonchev–Trinajstić information content (AvgIpc) is 2.58. The maximum atomic E-state index is 5.41. The Balaban J connectivity index is 2.19. The Bertz CT molecular complexity index is 269. The fourth-order valence-corrected chi connectivity index (χ4v) is 1.63. The van der Waals surface area contributed by atoms with Crippen molar-refractivity contribution in [2.24, 2.45) is 5.92 Å². The number of nitrogens with two attached hydrogens (primary N) is 1. The molecule has 1 aliphatic heterocycles. The van der Waals surface area contributed by atoms with Crippen molar-refractivity contribution in [1.82, 2.24) is 20.5 Å². The molecular formula is C7H13N5. The number of anilines is 1. The lowest BCUT2D eigenvalue weighted by Gasteiger charge is -2.10. The van der Waals surface area contributed by atoms with Crippen LogP contribution in [0.4, 0.5) is 5.95 Å². The van der Waals surface area contributed by atoms with Crippen LogP contribution in [0.3, 0.4) is 0 Å². The predicted molar refractivity (Wildman–Crippen MR) is 45.3 cm³/mol. The van der Waals surface area contributed by atoms with Crippen LogP contribution in [-0.4, -0.2) is 21.7 Å². The summed E-state index contributed by atoms with van der Waals surface area (Å²) in [4.78, 5) is 4.09. The highest BCUT2D eigenvalue weighted by atomic mass is 15.3. The normalized spacial score (nSPS) is 29.4. The predicted octanol–water partition coefficient (Wildman–Crippen LogP) is 0.0574. The molecule has 66 valence electrons. The molecule has 0 aliphatic carbocycles. The molecule has 1 saturated heterocycles. The second-order valence-corrected chi connectivity index (χ2v) is 3.28. The molecule has 2 heterocycles. The minimum absolute atomic E-state index is 0.301. The molecule has 1 fully saturated rings. The highest BCUT2D eigenvalue weighted by Crippen LogP contribution is 2.26. The van der Waals surface area contributed by atoms with Crippen LogP contribution in [0, 0.1) is 5.92 Å². The van der Waals surface area contributed by atoms with Gasteiger partial charge in [-0.05, 0) is 18.9 Å². The van der Waals surface area contributed by atoms with Crippen LogP contribution < -0.4 is 11.1 Å². The van der Waals surface area contributed by atoms with E-state index in [9.17, 15) is 0 Å². The lowest BCUT2D eigenvalue weighted by Crippen LogP contribution is -2.17. The molecule has 2 unspecified atom stereocenters. The highest BCUT2D eigenvalue weighted by Gasteiger charge is 2.26. The minimum atomic E-state index is 0.301. The molecule has 2 rings (SSSR count). The molecule has 1 aromatic rings. The van der Waals surface area contributed by atoms with E-state index in [0.717, 1.165) is 12.4 Å². The van der Waals surface area contributed by atoms with Crippen LogP contribution in [0.5, 0.6) is 0 Å². The third-order valence-corrected chi connectivity index (χ3v) is 2.35. The van der Waals surface area contributed by atoms with Gasteiger partial charge in [0.15, 0.2) is 0 Å². The van der Waals surface area contributed by atoms with Gasteiger partial charge in [0.1, 0.15) is 5.82 Å². The van der Waals surface area contributed by atoms with Crippen LogP contribution in [0.2, 0.25) is 0 Å². The average molecular weight is 167 g/mol. The summed E-state index contributed by atoms with van der Waals surface area (Å²) in [6.07, 6.45) is 1.19. The molecule has 12 heavy (non-hydrogen) atoms. The van der Waals surface area contributed by atoms with Crippen molar-refractivity contribution in [3.8, 4) is 0 Å². The lowest BCUT2D eigenvalue weighted by atomic mass is 10.0. The highest BCUT2D eigenvalue weighted by molar-refractivity contribution is 5.15. The van der Waals surface area contributed by atoms with Gasteiger partial charge in [-0.3, -0.25) is 5.10 Å². The van der Waals surface area contributed by atoms with Crippen molar-refractivity contribution in [1.29, 1.82) is 0 Å². The van der Waals surface area contributed by atoms with Crippen molar-refractivity contribution in [3.05, 3.63) is 5.82 Å². The van der Waals surface area contributed by atoms with E-state index in [0.29, 0.717) is 17.9 Å². The second-order valence-electron chi connectivity index (χ2n) is 3.28. The summed E-state index contributed by atoms with van der Waals surface area (Å²) in [5.41, 5.74) is 5.41. The number of hydrogen-bond donors (Lipinski definition) is 3. The largest absolute Gasteiger partial charge is 0.367 e. The van der Waals surface area contributed by atoms with Gasteiger partial charge in [0.2, 0.25) is 5.95 Å². The van der Waals surface area contributed by atoms with E-state index >= 15 is 0 Å². The lowest BCUT2D eigenvalue weighted by molar-refractivity contribution is 0.481. The quantitative estimate of drug-likeness (QED) is 0.552. The molecule has 0 amide bonds. The third-order valence-electron chi connectivity index (χ3n) is 2.35. The number of rotatable bonds is 1. The van der Waals surface area contributed by atoms with Crippen LogP contribution in [0.15, 0.2) is 0 Å². The monoisotopic (exact) mass is 167 g/mol. The molecule has 0 aromatic carbocycles. The summed E-state index contributed by atoms with van der Waals surface area (Å²) in [5, 5.41) is 9.97. The first-order chi connectivity index (χ1) is 5.77. The molecule has 1 aliphatic rings. The van der Waals surface area contributed by atoms with Gasteiger partial charge in [0.25, 0.3) is 0 Å². The van der Waals surface area contributed by atoms with E-state index in [1.807, 2.05) is 0 Å². The summed E-state index contributed by atoms with van der Waals surface area (Å²) >= 11 is 0. The van der Waals surface area contributed by atoms with Crippen LogP contribution in [0.1, 0.15) is 25.2 Å². The number of aromatic nitrogens is 3. The maximum absolute atomic E-state index is 5.41. The van der Waals surface area contributed by atoms with Crippen molar-refractivity contribution in [2.75, 3.05) is 12.3 Å². The van der Waals surface area contributed by atoms with Crippen LogP contribution in [0.25, 0.3) is 0 Å². The number of H-pyrrole nitrogens is 1. The molecule has 1 aromatic heterocycles. The second kappa shape index (κ2) is 2.75. The van der Waals surface area contributed by atoms with Crippen molar-refractivity contribution in [3.63, 3.8) is 0 Å². The smallest absolute Gasteiger partial charge is 0.239 e. The van der Waals surface area contributed by atoms with Crippen molar-refractivity contribution < 1.29 is 0 Å². The molecule has 5 nitrogen and oxygen atoms in total. The molecule has 0 bridgehead atoms. The van der Waals surface area contributed by atoms with Gasteiger partial charge in [-0.25, -0.2) is 0 Å². The molecule has 5 heteroatoms. The van der Waals surface area contributed by atoms with Gasteiger partial charge < -0.3 is 11.1 Å². The fourth-order valence-electron chi connectivity index (χ4n) is 1.63. The van der Waals surface area contributed by atoms with Gasteiger partial charge in [0, 0.05) is 0 Å². The molecule has 0 saturated carbocycles. The number of hydrogen-bond acceptors (Lipinski definition) is 4. The molecule has 0 spiro atoms. The summed E-state index contributed by atoms with van der Waals surface area (Å²) in [5.74, 6) is 1.79. The number of nitrogens with one attached hydrogen (secondary N) is 2. The first kappa shape index (κ1) is 7.54. The zero-order valence-electron chi connectivity index (χ0n) is 7.04. The zero-order valence-corrected chi connectivity index (χ0v) is 7.04. The molecule has 0 radical (unpaired) electrons. The number of aromatic amines is 1. The van der Waals surface area contributed by atoms with Gasteiger partial charge in [0.05, 0.1) is 6.04 Å². The summed E-state index contributed by atoms with van der Waals surface area (Å²) < 4.78 is 0. The summed E-state index contributed by atoms with van der Waals surface area (Å²) in [6.45, 7) is 3.25.